The minimum Gasteiger partial charge on any atom is -0.478 e. The third-order valence-corrected chi connectivity index (χ3v) is 17.9. The Kier molecular flexibility index (Phi) is 23.7. The molecule has 0 atom stereocenters. The number of sulfone groups is 2. The molecule has 0 radical (unpaired) electrons. The summed E-state index contributed by atoms with van der Waals surface area (Å²) in [6.45, 7) is 14.0. The van der Waals surface area contributed by atoms with E-state index in [2.05, 4.69) is 10.0 Å². The quantitative estimate of drug-likeness (QED) is 0.0775. The van der Waals surface area contributed by atoms with E-state index in [1.165, 1.54) is 33.3 Å². The molecule has 77 heavy (non-hydrogen) atoms. The molecule has 1 amide bonds. The number of carbonyl (C=O) groups is 4. The lowest BCUT2D eigenvalue weighted by atomic mass is 9.84. The molecule has 0 unspecified atom stereocenters. The number of hydrogen-bond donors (Lipinski definition) is 4. The highest BCUT2D eigenvalue weighted by Crippen LogP contribution is 2.35. The molecule has 4 rings (SSSR count). The van der Waals surface area contributed by atoms with Gasteiger partial charge in [0, 0.05) is 26.9 Å². The van der Waals surface area contributed by atoms with Crippen LogP contribution < -0.4 is 14.8 Å². The Labute approximate surface area is 451 Å². The molecular weight excluding hydrogens is 1080 g/mol. The molecule has 420 valence electrons. The molecule has 0 bridgehead atoms. The molecular formula is C52H66F2N6O13S4. The Hall–Kier alpha value is -6.32. The first-order valence-electron chi connectivity index (χ1n) is 23.6. The number of aromatic carboxylic acids is 1. The molecule has 0 aliphatic heterocycles. The number of nitrogens with zero attached hydrogens (tertiary/aromatic N) is 3. The lowest BCUT2D eigenvalue weighted by molar-refractivity contribution is -0.117. The van der Waals surface area contributed by atoms with Crippen LogP contribution in [0.2, 0.25) is 0 Å². The first-order chi connectivity index (χ1) is 35.5. The van der Waals surface area contributed by atoms with Crippen LogP contribution in [0.4, 0.5) is 8.78 Å². The molecule has 0 spiro atoms. The number of benzene rings is 4. The van der Waals surface area contributed by atoms with Crippen LogP contribution in [0.5, 0.6) is 0 Å². The fourth-order valence-electron chi connectivity index (χ4n) is 8.05. The molecule has 19 nitrogen and oxygen atoms in total. The third-order valence-electron chi connectivity index (χ3n) is 11.6. The van der Waals surface area contributed by atoms with Gasteiger partial charge in [0.25, 0.3) is 5.91 Å². The van der Waals surface area contributed by atoms with Gasteiger partial charge >= 0.3 is 5.97 Å². The minimum absolute atomic E-state index is 0.148. The van der Waals surface area contributed by atoms with Crippen molar-refractivity contribution in [1.82, 2.24) is 19.7 Å². The summed E-state index contributed by atoms with van der Waals surface area (Å²) >= 11 is 0. The number of ketones is 2. The summed E-state index contributed by atoms with van der Waals surface area (Å²) in [5, 5.41) is 30.9. The van der Waals surface area contributed by atoms with Gasteiger partial charge in [0.15, 0.2) is 31.2 Å². The first kappa shape index (κ1) is 66.8. The second kappa shape index (κ2) is 27.3. The van der Waals surface area contributed by atoms with E-state index in [-0.39, 0.29) is 44.9 Å². The number of nitriles is 2. The highest BCUT2D eigenvalue weighted by Gasteiger charge is 2.32. The van der Waals surface area contributed by atoms with Gasteiger partial charge in [-0.05, 0) is 134 Å². The van der Waals surface area contributed by atoms with Crippen molar-refractivity contribution in [3.05, 3.63) is 116 Å². The van der Waals surface area contributed by atoms with E-state index in [4.69, 9.17) is 0 Å². The van der Waals surface area contributed by atoms with Crippen molar-refractivity contribution >= 4 is 63.2 Å². The predicted octanol–water partition coefficient (Wildman–Crippen LogP) is 6.11. The predicted molar refractivity (Wildman–Crippen MR) is 285 cm³/mol. The summed E-state index contributed by atoms with van der Waals surface area (Å²) in [4.78, 5) is 49.7. The average molecular weight is 1150 g/mol. The Morgan fingerprint density at radius 2 is 0.896 bits per heavy atom. The van der Waals surface area contributed by atoms with Crippen LogP contribution in [-0.2, 0) is 62.2 Å². The number of halogens is 2. The Morgan fingerprint density at radius 1 is 0.571 bits per heavy atom. The van der Waals surface area contributed by atoms with Crippen LogP contribution in [0.25, 0.3) is 0 Å². The lowest BCUT2D eigenvalue weighted by Crippen LogP contribution is -2.27. The van der Waals surface area contributed by atoms with Crippen LogP contribution in [-0.4, -0.2) is 121 Å². The van der Waals surface area contributed by atoms with E-state index in [1.54, 1.807) is 47.6 Å². The summed E-state index contributed by atoms with van der Waals surface area (Å²) in [5.74, 6) is -8.75. The van der Waals surface area contributed by atoms with E-state index in [1.807, 2.05) is 38.7 Å². The summed E-state index contributed by atoms with van der Waals surface area (Å²) in [6.07, 6.45) is -0.844. The van der Waals surface area contributed by atoms with Crippen LogP contribution in [0.3, 0.4) is 0 Å². The van der Waals surface area contributed by atoms with Crippen LogP contribution in [0.15, 0.2) is 68.1 Å². The molecule has 4 aromatic carbocycles. The van der Waals surface area contributed by atoms with Crippen molar-refractivity contribution in [1.29, 1.82) is 10.5 Å². The molecule has 0 saturated heterocycles. The van der Waals surface area contributed by atoms with Gasteiger partial charge in [-0.15, -0.1) is 0 Å². The maximum atomic E-state index is 15.1. The zero-order chi connectivity index (χ0) is 59.5. The standard InChI is InChI=1S/C26H32FN3O6S2.C24H27FN2O7S2.C2H7N/c1-15(2)20-10-17(13-28)25(27)24(16(3)4)21(20)11-18(31)14-37(33,34)23-9-8-19(38(35,36)29-5)12-22(23)26(32)30(6)7;1-13(2)18-8-15(11-26)23(25)22(14(3)4)19(18)9-16(28)12-35(31,32)21-7-6-17(36(33,34)27-5)10-20(21)24(29)30;1-3-2/h8-10,12,15-16,29H,11,14H2,1-7H3;6-8,10,13-14,27H,9,12H2,1-5H3,(H,29,30);3H,1-2H3. The number of nitrogens with one attached hydrogen (secondary N) is 3. The molecule has 4 N–H and O–H groups in total. The SMILES string of the molecule is CNC.CNS(=O)(=O)c1ccc(S(=O)(=O)CC(=O)Cc2c(C(C)C)cc(C#N)c(F)c2C(C)C)c(C(=O)N(C)C)c1.CNS(=O)(=O)c1ccc(S(=O)(=O)CC(=O)Cc2c(C(C)C)cc(C#N)c(F)c2C(C)C)c(C(=O)O)c1. The van der Waals surface area contributed by atoms with E-state index in [0.29, 0.717) is 28.3 Å². The van der Waals surface area contributed by atoms with Gasteiger partial charge in [0.2, 0.25) is 20.0 Å². The van der Waals surface area contributed by atoms with Crippen molar-refractivity contribution in [3.63, 3.8) is 0 Å². The van der Waals surface area contributed by atoms with Crippen LogP contribution in [0, 0.1) is 34.3 Å². The van der Waals surface area contributed by atoms with Crippen molar-refractivity contribution < 1.29 is 66.7 Å². The Balaban J connectivity index is 0.000000502. The number of carboxylic acid groups (broad SMARTS) is 1. The van der Waals surface area contributed by atoms with E-state index >= 15 is 8.78 Å². The number of rotatable bonds is 20. The van der Waals surface area contributed by atoms with Crippen molar-refractivity contribution in [2.75, 3.05) is 53.8 Å². The monoisotopic (exact) mass is 1150 g/mol. The van der Waals surface area contributed by atoms with E-state index < -0.39 is 131 Å². The number of carbonyl (C=O) groups excluding carboxylic acids is 3. The van der Waals surface area contributed by atoms with Crippen LogP contribution in [0.1, 0.15) is 144 Å². The summed E-state index contributed by atoms with van der Waals surface area (Å²) < 4.78 is 135. The molecule has 0 saturated carbocycles. The number of Topliss-reactive ketones (excluding diaryl/α,β-unsaturated/α-hetero) is 2. The van der Waals surface area contributed by atoms with Gasteiger partial charge in [-0.25, -0.2) is 56.7 Å². The van der Waals surface area contributed by atoms with E-state index in [0.717, 1.165) is 42.3 Å². The van der Waals surface area contributed by atoms with Crippen molar-refractivity contribution in [3.8, 4) is 12.1 Å². The molecule has 0 aromatic heterocycles. The first-order valence-corrected chi connectivity index (χ1v) is 29.9. The largest absolute Gasteiger partial charge is 0.478 e. The van der Waals surface area contributed by atoms with E-state index in [9.17, 15) is 68.5 Å². The normalized spacial score (nSPS) is 11.8. The average Bonchev–Trinajstić information content (AvgIpc) is 3.33. The summed E-state index contributed by atoms with van der Waals surface area (Å²) in [5.41, 5.74) is 0.567. The second-order valence-corrected chi connectivity index (χ2v) is 26.7. The van der Waals surface area contributed by atoms with Gasteiger partial charge < -0.3 is 15.3 Å². The van der Waals surface area contributed by atoms with Gasteiger partial charge in [0.1, 0.15) is 35.3 Å². The van der Waals surface area contributed by atoms with Gasteiger partial charge in [-0.3, -0.25) is 14.4 Å². The molecule has 0 fully saturated rings. The van der Waals surface area contributed by atoms with Crippen molar-refractivity contribution in [2.45, 2.75) is 111 Å². The summed E-state index contributed by atoms with van der Waals surface area (Å²) in [6, 6.07) is 11.8. The zero-order valence-corrected chi connectivity index (χ0v) is 48.6. The van der Waals surface area contributed by atoms with Crippen molar-refractivity contribution in [2.24, 2.45) is 0 Å². The van der Waals surface area contributed by atoms with Gasteiger partial charge in [0.05, 0.1) is 41.8 Å². The minimum atomic E-state index is -4.51. The molecule has 0 aliphatic carbocycles. The highest BCUT2D eigenvalue weighted by atomic mass is 32.2. The molecule has 0 aliphatic rings. The fraction of sp³-hybridized carbons (Fsp3) is 0.423. The second-order valence-electron chi connectivity index (χ2n) is 19.0. The third kappa shape index (κ3) is 16.4. The zero-order valence-electron chi connectivity index (χ0n) is 45.3. The van der Waals surface area contributed by atoms with Gasteiger partial charge in [-0.1, -0.05) is 55.4 Å². The topological polar surface area (TPSA) is 312 Å². The fourth-order valence-corrected chi connectivity index (χ4v) is 12.4. The Morgan fingerprint density at radius 3 is 1.17 bits per heavy atom. The molecule has 25 heteroatoms. The summed E-state index contributed by atoms with van der Waals surface area (Å²) in [7, 11) is -8.15. The highest BCUT2D eigenvalue weighted by molar-refractivity contribution is 7.92. The molecule has 4 aromatic rings. The maximum absolute atomic E-state index is 15.1. The van der Waals surface area contributed by atoms with Gasteiger partial charge in [-0.2, -0.15) is 10.5 Å². The number of carboxylic acids is 1. The maximum Gasteiger partial charge on any atom is 0.337 e. The van der Waals surface area contributed by atoms with Crippen LogP contribution >= 0.6 is 0 Å². The number of amides is 1. The number of sulfonamides is 2. The molecule has 0 heterocycles. The smallest absolute Gasteiger partial charge is 0.337 e. The number of hydrogen-bond acceptors (Lipinski definition) is 15. The Bertz CT molecular complexity index is 3480. The lowest BCUT2D eigenvalue weighted by Gasteiger charge is -2.21.